The van der Waals surface area contributed by atoms with Gasteiger partial charge < -0.3 is 9.47 Å². The summed E-state index contributed by atoms with van der Waals surface area (Å²) in [7, 11) is 1.47. The fraction of sp³-hybridized carbons (Fsp3) is 0.944. The van der Waals surface area contributed by atoms with E-state index < -0.39 is 0 Å². The maximum absolute atomic E-state index is 11.2. The first kappa shape index (κ1) is 18.5. The summed E-state index contributed by atoms with van der Waals surface area (Å²) in [6.45, 7) is 3.15. The topological polar surface area (TPSA) is 35.5 Å². The van der Waals surface area contributed by atoms with Gasteiger partial charge in [0.2, 0.25) is 0 Å². The van der Waals surface area contributed by atoms with Gasteiger partial charge in [-0.2, -0.15) is 0 Å². The lowest BCUT2D eigenvalue weighted by molar-refractivity contribution is -0.141. The van der Waals surface area contributed by atoms with Crippen LogP contribution < -0.4 is 0 Å². The molecule has 1 aliphatic rings. The van der Waals surface area contributed by atoms with Crippen molar-refractivity contribution in [2.24, 2.45) is 5.92 Å². The number of rotatable bonds is 12. The zero-order valence-corrected chi connectivity index (χ0v) is 14.1. The lowest BCUT2D eigenvalue weighted by atomic mass is 10.0. The molecule has 21 heavy (non-hydrogen) atoms. The van der Waals surface area contributed by atoms with Crippen molar-refractivity contribution in [3.8, 4) is 0 Å². The lowest BCUT2D eigenvalue weighted by Crippen LogP contribution is -2.12. The number of unbranched alkanes of at least 4 members (excludes halogenated alkanes) is 7. The average Bonchev–Trinajstić information content (AvgIpc) is 2.93. The van der Waals surface area contributed by atoms with Crippen LogP contribution in [0, 0.1) is 5.92 Å². The minimum atomic E-state index is -0.0799. The summed E-state index contributed by atoms with van der Waals surface area (Å²) >= 11 is 0. The van der Waals surface area contributed by atoms with E-state index in [1.54, 1.807) is 0 Å². The number of carbonyl (C=O) groups is 1. The molecule has 124 valence electrons. The molecule has 0 aromatic carbocycles. The molecule has 0 aromatic rings. The van der Waals surface area contributed by atoms with E-state index in [1.807, 2.05) is 0 Å². The van der Waals surface area contributed by atoms with Crippen LogP contribution in [0.3, 0.4) is 0 Å². The van der Waals surface area contributed by atoms with E-state index >= 15 is 0 Å². The minimum absolute atomic E-state index is 0.0799. The molecule has 3 heteroatoms. The van der Waals surface area contributed by atoms with Crippen LogP contribution in [-0.2, 0) is 14.3 Å². The van der Waals surface area contributed by atoms with Crippen LogP contribution in [0.15, 0.2) is 0 Å². The Labute approximate surface area is 130 Å². The summed E-state index contributed by atoms with van der Waals surface area (Å²) < 4.78 is 10.7. The van der Waals surface area contributed by atoms with Crippen LogP contribution in [0.1, 0.15) is 84.0 Å². The smallest absolute Gasteiger partial charge is 0.305 e. The van der Waals surface area contributed by atoms with Crippen LogP contribution >= 0.6 is 0 Å². The van der Waals surface area contributed by atoms with Crippen molar-refractivity contribution in [1.82, 2.24) is 0 Å². The average molecular weight is 298 g/mol. The normalized spacial score (nSPS) is 21.6. The summed E-state index contributed by atoms with van der Waals surface area (Å²) in [5.74, 6) is 0.393. The Bertz CT molecular complexity index is 265. The van der Waals surface area contributed by atoms with Crippen LogP contribution in [0.2, 0.25) is 0 Å². The highest BCUT2D eigenvalue weighted by atomic mass is 16.5. The van der Waals surface area contributed by atoms with Crippen LogP contribution in [0.5, 0.6) is 0 Å². The highest BCUT2D eigenvalue weighted by molar-refractivity contribution is 5.69. The number of ether oxygens (including phenoxy) is 2. The molecule has 0 saturated heterocycles. The van der Waals surface area contributed by atoms with Crippen molar-refractivity contribution in [2.45, 2.75) is 90.1 Å². The van der Waals surface area contributed by atoms with Gasteiger partial charge >= 0.3 is 5.97 Å². The summed E-state index contributed by atoms with van der Waals surface area (Å²) in [6, 6.07) is 0. The fourth-order valence-corrected chi connectivity index (χ4v) is 3.17. The maximum Gasteiger partial charge on any atom is 0.305 e. The summed E-state index contributed by atoms with van der Waals surface area (Å²) in [6.07, 6.45) is 14.9. The Kier molecular flexibility index (Phi) is 10.6. The van der Waals surface area contributed by atoms with Gasteiger partial charge in [-0.15, -0.1) is 0 Å². The molecule has 0 bridgehead atoms. The van der Waals surface area contributed by atoms with Gasteiger partial charge in [0.25, 0.3) is 0 Å². The number of carbonyl (C=O) groups excluding carboxylic acids is 1. The van der Waals surface area contributed by atoms with Crippen LogP contribution in [0.4, 0.5) is 0 Å². The van der Waals surface area contributed by atoms with Crippen molar-refractivity contribution in [3.05, 3.63) is 0 Å². The third-order valence-corrected chi connectivity index (χ3v) is 4.53. The quantitative estimate of drug-likeness (QED) is 0.381. The molecule has 0 heterocycles. The zero-order chi connectivity index (χ0) is 15.3. The van der Waals surface area contributed by atoms with E-state index in [2.05, 4.69) is 6.92 Å². The molecule has 2 atom stereocenters. The molecule has 1 saturated carbocycles. The molecule has 1 rings (SSSR count). The lowest BCUT2D eigenvalue weighted by Gasteiger charge is -2.12. The first-order valence-electron chi connectivity index (χ1n) is 8.94. The molecule has 1 aliphatic carbocycles. The van der Waals surface area contributed by atoms with Gasteiger partial charge in [0.1, 0.15) is 0 Å². The second kappa shape index (κ2) is 12.0. The fourth-order valence-electron chi connectivity index (χ4n) is 3.17. The van der Waals surface area contributed by atoms with Crippen molar-refractivity contribution < 1.29 is 14.3 Å². The second-order valence-electron chi connectivity index (χ2n) is 6.43. The molecule has 0 aliphatic heterocycles. The number of hydrogen-bond acceptors (Lipinski definition) is 3. The van der Waals surface area contributed by atoms with E-state index in [0.29, 0.717) is 18.4 Å². The number of methoxy groups -OCH3 is 1. The van der Waals surface area contributed by atoms with Crippen molar-refractivity contribution in [1.29, 1.82) is 0 Å². The molecule has 0 radical (unpaired) electrons. The maximum atomic E-state index is 11.2. The molecular formula is C18H34O3. The molecule has 1 fully saturated rings. The van der Waals surface area contributed by atoms with E-state index in [9.17, 15) is 4.79 Å². The summed E-state index contributed by atoms with van der Waals surface area (Å²) in [5, 5.41) is 0. The predicted molar refractivity (Wildman–Crippen MR) is 86.3 cm³/mol. The molecule has 0 aromatic heterocycles. The van der Waals surface area contributed by atoms with Gasteiger partial charge in [-0.1, -0.05) is 51.9 Å². The Morgan fingerprint density at radius 2 is 1.67 bits per heavy atom. The molecule has 0 unspecified atom stereocenters. The third kappa shape index (κ3) is 9.13. The van der Waals surface area contributed by atoms with E-state index in [1.165, 1.54) is 58.5 Å². The Morgan fingerprint density at radius 1 is 1.00 bits per heavy atom. The molecular weight excluding hydrogens is 264 g/mol. The molecule has 3 nitrogen and oxygen atoms in total. The standard InChI is InChI=1S/C18H34O3/c1-3-4-5-6-7-8-9-10-13-21-17-12-11-16(14-17)15-18(19)20-2/h16-17H,3-15H2,1-2H3/t16-,17-/m0/s1. The second-order valence-corrected chi connectivity index (χ2v) is 6.43. The van der Waals surface area contributed by atoms with Gasteiger partial charge in [0.05, 0.1) is 13.2 Å². The van der Waals surface area contributed by atoms with Crippen molar-refractivity contribution in [3.63, 3.8) is 0 Å². The van der Waals surface area contributed by atoms with Crippen LogP contribution in [0.25, 0.3) is 0 Å². The first-order valence-corrected chi connectivity index (χ1v) is 8.94. The number of hydrogen-bond donors (Lipinski definition) is 0. The number of esters is 1. The van der Waals surface area contributed by atoms with Gasteiger partial charge in [0.15, 0.2) is 0 Å². The van der Waals surface area contributed by atoms with Crippen molar-refractivity contribution in [2.75, 3.05) is 13.7 Å². The summed E-state index contributed by atoms with van der Waals surface area (Å²) in [4.78, 5) is 11.2. The van der Waals surface area contributed by atoms with E-state index in [4.69, 9.17) is 9.47 Å². The molecule has 0 spiro atoms. The zero-order valence-electron chi connectivity index (χ0n) is 14.1. The molecule has 0 amide bonds. The summed E-state index contributed by atoms with van der Waals surface area (Å²) in [5.41, 5.74) is 0. The van der Waals surface area contributed by atoms with E-state index in [0.717, 1.165) is 25.9 Å². The largest absolute Gasteiger partial charge is 0.469 e. The Balaban J connectivity index is 1.89. The third-order valence-electron chi connectivity index (χ3n) is 4.53. The minimum Gasteiger partial charge on any atom is -0.469 e. The highest BCUT2D eigenvalue weighted by Gasteiger charge is 2.27. The van der Waals surface area contributed by atoms with Crippen molar-refractivity contribution >= 4 is 5.97 Å². The van der Waals surface area contributed by atoms with Gasteiger partial charge in [-0.25, -0.2) is 0 Å². The Morgan fingerprint density at radius 3 is 2.33 bits per heavy atom. The highest BCUT2D eigenvalue weighted by Crippen LogP contribution is 2.30. The Hall–Kier alpha value is -0.570. The van der Waals surface area contributed by atoms with Crippen LogP contribution in [-0.4, -0.2) is 25.8 Å². The van der Waals surface area contributed by atoms with Gasteiger partial charge in [-0.3, -0.25) is 4.79 Å². The predicted octanol–water partition coefficient (Wildman–Crippen LogP) is 4.88. The SMILES string of the molecule is CCCCCCCCCCO[C@H]1CC[C@H](CC(=O)OC)C1. The van der Waals surface area contributed by atoms with Gasteiger partial charge in [-0.05, 0) is 31.6 Å². The first-order chi connectivity index (χ1) is 10.3. The molecule has 0 N–H and O–H groups in total. The monoisotopic (exact) mass is 298 g/mol. The van der Waals surface area contributed by atoms with Gasteiger partial charge in [0, 0.05) is 13.0 Å². The van der Waals surface area contributed by atoms with E-state index in [-0.39, 0.29) is 5.97 Å².